The second-order valence-electron chi connectivity index (χ2n) is 9.77. The van der Waals surface area contributed by atoms with E-state index in [2.05, 4.69) is 15.5 Å². The molecule has 13 heteroatoms. The molecular formula is C25H27F4N7O2. The van der Waals surface area contributed by atoms with Gasteiger partial charge in [-0.1, -0.05) is 0 Å². The highest BCUT2D eigenvalue weighted by Gasteiger charge is 2.53. The Morgan fingerprint density at radius 2 is 1.97 bits per heavy atom. The first kappa shape index (κ1) is 27.1. The Morgan fingerprint density at radius 3 is 2.53 bits per heavy atom. The van der Waals surface area contributed by atoms with Gasteiger partial charge in [0.25, 0.3) is 0 Å². The monoisotopic (exact) mass is 533 g/mol. The summed E-state index contributed by atoms with van der Waals surface area (Å²) < 4.78 is 53.6. The van der Waals surface area contributed by atoms with Gasteiger partial charge in [0.05, 0.1) is 28.6 Å². The molecule has 9 nitrogen and oxygen atoms in total. The molecule has 202 valence electrons. The quantitative estimate of drug-likeness (QED) is 0.292. The number of halogens is 4. The van der Waals surface area contributed by atoms with Gasteiger partial charge in [0.1, 0.15) is 23.4 Å². The number of benzene rings is 1. The summed E-state index contributed by atoms with van der Waals surface area (Å²) in [5.74, 6) is -0.0506. The second kappa shape index (κ2) is 10.1. The molecule has 2 aliphatic carbocycles. The molecule has 1 aromatic carbocycles. The molecule has 38 heavy (non-hydrogen) atoms. The van der Waals surface area contributed by atoms with Crippen molar-refractivity contribution in [2.24, 2.45) is 18.9 Å². The Balaban J connectivity index is 0.000000257. The number of carbonyl (C=O) groups is 1. The molecule has 5 rings (SSSR count). The van der Waals surface area contributed by atoms with Gasteiger partial charge in [-0.15, -0.1) is 0 Å². The summed E-state index contributed by atoms with van der Waals surface area (Å²) in [6.45, 7) is 0. The van der Waals surface area contributed by atoms with Gasteiger partial charge in [-0.25, -0.2) is 4.39 Å². The zero-order valence-corrected chi connectivity index (χ0v) is 20.7. The molecule has 2 aliphatic rings. The van der Waals surface area contributed by atoms with Crippen molar-refractivity contribution < 1.29 is 27.5 Å². The van der Waals surface area contributed by atoms with Gasteiger partial charge in [-0.3, -0.25) is 14.6 Å². The number of alkyl halides is 3. The first-order chi connectivity index (χ1) is 17.9. The lowest BCUT2D eigenvalue weighted by molar-refractivity contribution is -0.144. The average molecular weight is 534 g/mol. The van der Waals surface area contributed by atoms with Crippen LogP contribution in [0.25, 0.3) is 0 Å². The van der Waals surface area contributed by atoms with E-state index in [1.54, 1.807) is 26.2 Å². The van der Waals surface area contributed by atoms with Gasteiger partial charge < -0.3 is 16.2 Å². The molecule has 0 saturated heterocycles. The maximum absolute atomic E-state index is 13.2. The number of aromatic nitrogens is 4. The molecule has 2 atom stereocenters. The number of nitrogen functional groups attached to an aromatic ring is 1. The molecule has 2 aromatic heterocycles. The lowest BCUT2D eigenvalue weighted by Gasteiger charge is -2.25. The minimum absolute atomic E-state index is 0.0136. The molecule has 2 heterocycles. The van der Waals surface area contributed by atoms with Crippen molar-refractivity contribution in [3.8, 4) is 6.07 Å². The maximum atomic E-state index is 13.2. The van der Waals surface area contributed by atoms with Gasteiger partial charge in [-0.2, -0.15) is 28.6 Å². The first-order valence-electron chi connectivity index (χ1n) is 11.9. The number of carbonyl (C=O) groups excluding carboxylic acids is 1. The molecule has 0 spiro atoms. The van der Waals surface area contributed by atoms with Crippen LogP contribution in [0.2, 0.25) is 0 Å². The SMILES string of the molecule is CNc1ccc(F)c(C#N)c1.Cn1nc(C2CC3CC(O)(c4cn[nH]c4C(F)(F)F)CC3C2)c(C=O)c1N. The molecule has 5 N–H and O–H groups in total. The largest absolute Gasteiger partial charge is 0.433 e. The van der Waals surface area contributed by atoms with E-state index in [0.29, 0.717) is 36.2 Å². The summed E-state index contributed by atoms with van der Waals surface area (Å²) in [5.41, 5.74) is 4.99. The Hall–Kier alpha value is -3.92. The minimum atomic E-state index is -4.59. The molecule has 2 saturated carbocycles. The molecule has 0 radical (unpaired) electrons. The van der Waals surface area contributed by atoms with Crippen molar-refractivity contribution in [2.45, 2.75) is 43.4 Å². The summed E-state index contributed by atoms with van der Waals surface area (Å²) in [5, 5.41) is 32.0. The fourth-order valence-corrected chi connectivity index (χ4v) is 5.72. The Morgan fingerprint density at radius 1 is 1.32 bits per heavy atom. The summed E-state index contributed by atoms with van der Waals surface area (Å²) in [4.78, 5) is 11.4. The van der Waals surface area contributed by atoms with Gasteiger partial charge in [0.15, 0.2) is 6.29 Å². The number of nitrogens with zero attached hydrogens (tertiary/aromatic N) is 4. The summed E-state index contributed by atoms with van der Waals surface area (Å²) >= 11 is 0. The van der Waals surface area contributed by atoms with Crippen LogP contribution < -0.4 is 11.1 Å². The van der Waals surface area contributed by atoms with Crippen molar-refractivity contribution in [3.05, 3.63) is 58.3 Å². The van der Waals surface area contributed by atoms with Gasteiger partial charge >= 0.3 is 6.18 Å². The second-order valence-corrected chi connectivity index (χ2v) is 9.77. The van der Waals surface area contributed by atoms with Gasteiger partial charge in [0, 0.05) is 31.3 Å². The van der Waals surface area contributed by atoms with Gasteiger partial charge in [0.2, 0.25) is 0 Å². The normalized spacial score (nSPS) is 24.3. The number of aryl methyl sites for hydroxylation is 1. The van der Waals surface area contributed by atoms with Crippen molar-refractivity contribution in [3.63, 3.8) is 0 Å². The molecule has 0 amide bonds. The number of hydrogen-bond acceptors (Lipinski definition) is 7. The van der Waals surface area contributed by atoms with E-state index >= 15 is 0 Å². The fourth-order valence-electron chi connectivity index (χ4n) is 5.72. The van der Waals surface area contributed by atoms with E-state index < -0.39 is 23.3 Å². The summed E-state index contributed by atoms with van der Waals surface area (Å²) in [6.07, 6.45) is -1.04. The molecule has 2 fully saturated rings. The highest BCUT2D eigenvalue weighted by Crippen LogP contribution is 2.57. The Bertz CT molecular complexity index is 1360. The van der Waals surface area contributed by atoms with Crippen molar-refractivity contribution in [1.82, 2.24) is 20.0 Å². The van der Waals surface area contributed by atoms with E-state index in [9.17, 15) is 27.5 Å². The Labute approximate surface area is 215 Å². The number of aldehydes is 1. The predicted molar refractivity (Wildman–Crippen MR) is 129 cm³/mol. The summed E-state index contributed by atoms with van der Waals surface area (Å²) in [6, 6.07) is 6.07. The van der Waals surface area contributed by atoms with E-state index in [0.717, 1.165) is 11.9 Å². The van der Waals surface area contributed by atoms with Crippen molar-refractivity contribution >= 4 is 17.8 Å². The van der Waals surface area contributed by atoms with Crippen LogP contribution in [0.15, 0.2) is 24.4 Å². The molecule has 0 bridgehead atoms. The number of aliphatic hydroxyl groups is 1. The van der Waals surface area contributed by atoms with Crippen LogP contribution in [0, 0.1) is 29.0 Å². The number of rotatable bonds is 4. The minimum Gasteiger partial charge on any atom is -0.388 e. The van der Waals surface area contributed by atoms with Crippen LogP contribution >= 0.6 is 0 Å². The predicted octanol–water partition coefficient (Wildman–Crippen LogP) is 4.09. The zero-order chi connectivity index (χ0) is 27.8. The standard InChI is InChI=1S/C17H20F3N5O2.C8H7FN2/c1-25-15(21)11(7-26)13(24-25)8-2-9-4-16(27,5-10(9)3-8)12-6-22-23-14(12)17(18,19)20;1-11-7-2-3-8(9)6(4-7)5-10/h6-10,27H,2-5,21H2,1H3,(H,22,23);2-4,11H,1H3. The molecular weight excluding hydrogens is 506 g/mol. The number of anilines is 2. The van der Waals surface area contributed by atoms with E-state index in [1.807, 2.05) is 5.10 Å². The molecule has 2 unspecified atom stereocenters. The van der Waals surface area contributed by atoms with Crippen LogP contribution in [-0.2, 0) is 18.8 Å². The number of nitrogens with one attached hydrogen (secondary N) is 2. The van der Waals surface area contributed by atoms with E-state index in [1.165, 1.54) is 16.8 Å². The lowest BCUT2D eigenvalue weighted by atomic mass is 9.87. The van der Waals surface area contributed by atoms with Crippen LogP contribution in [0.5, 0.6) is 0 Å². The number of aromatic amines is 1. The summed E-state index contributed by atoms with van der Waals surface area (Å²) in [7, 11) is 3.38. The highest BCUT2D eigenvalue weighted by atomic mass is 19.4. The fraction of sp³-hybridized carbons (Fsp3) is 0.440. The molecule has 0 aliphatic heterocycles. The number of hydrogen-bond donors (Lipinski definition) is 4. The number of H-pyrrole nitrogens is 1. The third-order valence-electron chi connectivity index (χ3n) is 7.50. The number of nitrogens with two attached hydrogens (primary N) is 1. The third kappa shape index (κ3) is 4.96. The number of fused-ring (bicyclic) bond motifs is 1. The van der Waals surface area contributed by atoms with Crippen LogP contribution in [-0.4, -0.2) is 38.4 Å². The van der Waals surface area contributed by atoms with Crippen molar-refractivity contribution in [2.75, 3.05) is 18.1 Å². The third-order valence-corrected chi connectivity index (χ3v) is 7.50. The lowest BCUT2D eigenvalue weighted by Crippen LogP contribution is -2.26. The van der Waals surface area contributed by atoms with Crippen LogP contribution in [0.4, 0.5) is 29.1 Å². The first-order valence-corrected chi connectivity index (χ1v) is 11.9. The topological polar surface area (TPSA) is 146 Å². The van der Waals surface area contributed by atoms with Crippen LogP contribution in [0.1, 0.15) is 64.5 Å². The molecule has 3 aromatic rings. The number of nitriles is 1. The van der Waals surface area contributed by atoms with Gasteiger partial charge in [-0.05, 0) is 55.7 Å². The smallest absolute Gasteiger partial charge is 0.388 e. The Kier molecular flexibility index (Phi) is 7.20. The zero-order valence-electron chi connectivity index (χ0n) is 20.7. The van der Waals surface area contributed by atoms with Crippen molar-refractivity contribution in [1.29, 1.82) is 5.26 Å². The average Bonchev–Trinajstić information content (AvgIpc) is 3.62. The van der Waals surface area contributed by atoms with E-state index in [-0.39, 0.29) is 41.7 Å². The highest BCUT2D eigenvalue weighted by molar-refractivity contribution is 5.83. The van der Waals surface area contributed by atoms with E-state index in [4.69, 9.17) is 11.0 Å². The van der Waals surface area contributed by atoms with Crippen LogP contribution in [0.3, 0.4) is 0 Å². The maximum Gasteiger partial charge on any atom is 0.433 e.